The predicted octanol–water partition coefficient (Wildman–Crippen LogP) is 3.94. The lowest BCUT2D eigenvalue weighted by Gasteiger charge is -2.11. The van der Waals surface area contributed by atoms with E-state index >= 15 is 0 Å². The molecule has 0 bridgehead atoms. The van der Waals surface area contributed by atoms with E-state index in [1.54, 1.807) is 16.8 Å². The van der Waals surface area contributed by atoms with Crippen molar-refractivity contribution < 1.29 is 17.6 Å². The van der Waals surface area contributed by atoms with Crippen molar-refractivity contribution in [2.24, 2.45) is 0 Å². The predicted molar refractivity (Wildman–Crippen MR) is 114 cm³/mol. The monoisotopic (exact) mass is 451 g/mol. The molecule has 0 saturated heterocycles. The van der Waals surface area contributed by atoms with Crippen LogP contribution in [0, 0.1) is 5.82 Å². The molecule has 158 valence electrons. The van der Waals surface area contributed by atoms with Gasteiger partial charge in [-0.15, -0.1) is 0 Å². The van der Waals surface area contributed by atoms with E-state index in [2.05, 4.69) is 20.0 Å². The van der Waals surface area contributed by atoms with Gasteiger partial charge in [0, 0.05) is 22.9 Å². The number of rotatable bonds is 6. The average molecular weight is 452 g/mol. The number of carbonyl (C=O) groups is 1. The number of hydrogen-bond acceptors (Lipinski definition) is 5. The summed E-state index contributed by atoms with van der Waals surface area (Å²) >= 11 is 6.03. The minimum atomic E-state index is -3.50. The van der Waals surface area contributed by atoms with Crippen LogP contribution in [0.3, 0.4) is 0 Å². The van der Waals surface area contributed by atoms with Crippen molar-refractivity contribution in [3.8, 4) is 11.5 Å². The van der Waals surface area contributed by atoms with Crippen LogP contribution >= 0.6 is 11.6 Å². The molecule has 0 radical (unpaired) electrons. The second-order valence-corrected chi connectivity index (χ2v) is 9.08. The zero-order valence-corrected chi connectivity index (χ0v) is 17.9. The topological polar surface area (TPSA) is 106 Å². The molecule has 0 aliphatic carbocycles. The van der Waals surface area contributed by atoms with Gasteiger partial charge in [-0.3, -0.25) is 9.52 Å². The molecule has 11 heteroatoms. The van der Waals surface area contributed by atoms with Gasteiger partial charge in [0.1, 0.15) is 0 Å². The first-order valence-electron chi connectivity index (χ1n) is 8.81. The summed E-state index contributed by atoms with van der Waals surface area (Å²) in [7, 11) is -3.50. The number of nitrogens with zero attached hydrogens (tertiary/aromatic N) is 3. The Balaban J connectivity index is 1.91. The van der Waals surface area contributed by atoms with Gasteiger partial charge < -0.3 is 9.88 Å². The fourth-order valence-electron chi connectivity index (χ4n) is 2.79. The van der Waals surface area contributed by atoms with Crippen molar-refractivity contribution in [1.82, 2.24) is 14.5 Å². The van der Waals surface area contributed by atoms with Gasteiger partial charge in [0.05, 0.1) is 35.6 Å². The van der Waals surface area contributed by atoms with Crippen LogP contribution in [-0.2, 0) is 10.0 Å². The Kier molecular flexibility index (Phi) is 6.09. The van der Waals surface area contributed by atoms with Crippen LogP contribution in [-0.4, -0.2) is 35.1 Å². The summed E-state index contributed by atoms with van der Waals surface area (Å²) in [6, 6.07) is 5.97. The number of carbonyl (C=O) groups excluding carboxylic acids is 1. The molecule has 2 heterocycles. The van der Waals surface area contributed by atoms with Crippen LogP contribution in [0.25, 0.3) is 11.5 Å². The highest BCUT2D eigenvalue weighted by atomic mass is 35.5. The summed E-state index contributed by atoms with van der Waals surface area (Å²) in [6.07, 6.45) is 4.77. The number of benzene rings is 1. The summed E-state index contributed by atoms with van der Waals surface area (Å²) in [6.45, 7) is 3.85. The molecular formula is C19H19ClFN5O3S. The molecule has 3 aromatic rings. The number of amides is 1. The van der Waals surface area contributed by atoms with Crippen molar-refractivity contribution in [2.75, 3.05) is 16.3 Å². The Morgan fingerprint density at radius 3 is 2.37 bits per heavy atom. The molecule has 0 atom stereocenters. The van der Waals surface area contributed by atoms with Crippen molar-refractivity contribution in [2.45, 2.75) is 19.9 Å². The lowest BCUT2D eigenvalue weighted by Crippen LogP contribution is -2.13. The maximum atomic E-state index is 13.2. The van der Waals surface area contributed by atoms with Gasteiger partial charge in [-0.25, -0.2) is 22.8 Å². The average Bonchev–Trinajstić information content (AvgIpc) is 3.06. The third-order valence-corrected chi connectivity index (χ3v) is 4.80. The molecule has 1 amide bonds. The SMILES string of the molecule is CC(C)n1cc(C(=O)Nc2cc(Cl)cc(NS(C)(=O)=O)c2)cc1-c1ncc(F)cn1. The highest BCUT2D eigenvalue weighted by Gasteiger charge is 2.18. The van der Waals surface area contributed by atoms with Crippen LogP contribution in [0.15, 0.2) is 42.9 Å². The van der Waals surface area contributed by atoms with Crippen molar-refractivity contribution >= 4 is 38.9 Å². The van der Waals surface area contributed by atoms with E-state index in [1.807, 2.05) is 13.8 Å². The maximum Gasteiger partial charge on any atom is 0.257 e. The molecule has 0 spiro atoms. The standard InChI is InChI=1S/C19H19ClFN5O3S/c1-11(2)26-10-12(4-17(26)18-22-8-14(21)9-23-18)19(27)24-15-5-13(20)6-16(7-15)25-30(3,28)29/h4-11,25H,1-3H3,(H,24,27). The molecule has 2 N–H and O–H groups in total. The zero-order chi connectivity index (χ0) is 22.1. The molecule has 0 aliphatic heterocycles. The minimum absolute atomic E-state index is 0.00747. The largest absolute Gasteiger partial charge is 0.342 e. The third kappa shape index (κ3) is 5.33. The van der Waals surface area contributed by atoms with Crippen molar-refractivity contribution in [3.63, 3.8) is 0 Å². The number of aromatic nitrogens is 3. The number of halogens is 2. The third-order valence-electron chi connectivity index (χ3n) is 3.98. The number of sulfonamides is 1. The van der Waals surface area contributed by atoms with Crippen LogP contribution in [0.5, 0.6) is 0 Å². The molecule has 0 unspecified atom stereocenters. The Morgan fingerprint density at radius 2 is 1.77 bits per heavy atom. The van der Waals surface area contributed by atoms with Gasteiger partial charge in [-0.1, -0.05) is 11.6 Å². The van der Waals surface area contributed by atoms with Crippen molar-refractivity contribution in [1.29, 1.82) is 0 Å². The van der Waals surface area contributed by atoms with Gasteiger partial charge in [0.15, 0.2) is 11.6 Å². The molecule has 0 fully saturated rings. The minimum Gasteiger partial charge on any atom is -0.342 e. The number of hydrogen-bond donors (Lipinski definition) is 2. The molecule has 0 saturated carbocycles. The van der Waals surface area contributed by atoms with E-state index in [-0.39, 0.29) is 22.6 Å². The van der Waals surface area contributed by atoms with E-state index in [4.69, 9.17) is 11.6 Å². The second kappa shape index (κ2) is 8.41. The zero-order valence-electron chi connectivity index (χ0n) is 16.3. The van der Waals surface area contributed by atoms with Crippen LogP contribution in [0.4, 0.5) is 15.8 Å². The molecule has 1 aromatic carbocycles. The maximum absolute atomic E-state index is 13.2. The molecular weight excluding hydrogens is 433 g/mol. The van der Waals surface area contributed by atoms with Crippen LogP contribution in [0.1, 0.15) is 30.2 Å². The molecule has 2 aromatic heterocycles. The van der Waals surface area contributed by atoms with E-state index in [1.165, 1.54) is 18.2 Å². The quantitative estimate of drug-likeness (QED) is 0.590. The molecule has 3 rings (SSSR count). The normalized spacial score (nSPS) is 11.5. The van der Waals surface area contributed by atoms with E-state index in [0.29, 0.717) is 16.9 Å². The summed E-state index contributed by atoms with van der Waals surface area (Å²) < 4.78 is 40.2. The first-order chi connectivity index (χ1) is 14.0. The number of anilines is 2. The van der Waals surface area contributed by atoms with E-state index in [9.17, 15) is 17.6 Å². The Bertz CT molecular complexity index is 1190. The second-order valence-electron chi connectivity index (χ2n) is 6.90. The fourth-order valence-corrected chi connectivity index (χ4v) is 3.57. The first kappa shape index (κ1) is 21.7. The Hall–Kier alpha value is -2.98. The van der Waals surface area contributed by atoms with Crippen LogP contribution in [0.2, 0.25) is 5.02 Å². The summed E-state index contributed by atoms with van der Waals surface area (Å²) in [5.41, 5.74) is 1.42. The summed E-state index contributed by atoms with van der Waals surface area (Å²) in [5.74, 6) is -0.712. The van der Waals surface area contributed by atoms with Gasteiger partial charge >= 0.3 is 0 Å². The first-order valence-corrected chi connectivity index (χ1v) is 11.1. The highest BCUT2D eigenvalue weighted by molar-refractivity contribution is 7.92. The number of nitrogens with one attached hydrogen (secondary N) is 2. The molecule has 30 heavy (non-hydrogen) atoms. The Labute approximate surface area is 178 Å². The fraction of sp³-hybridized carbons (Fsp3) is 0.211. The summed E-state index contributed by atoms with van der Waals surface area (Å²) in [4.78, 5) is 20.8. The van der Waals surface area contributed by atoms with Gasteiger partial charge in [0.2, 0.25) is 10.0 Å². The summed E-state index contributed by atoms with van der Waals surface area (Å²) in [5, 5.41) is 2.94. The Morgan fingerprint density at radius 1 is 1.13 bits per heavy atom. The smallest absolute Gasteiger partial charge is 0.257 e. The lowest BCUT2D eigenvalue weighted by atomic mass is 10.2. The molecule has 0 aliphatic rings. The van der Waals surface area contributed by atoms with Gasteiger partial charge in [-0.05, 0) is 38.1 Å². The van der Waals surface area contributed by atoms with Gasteiger partial charge in [0.25, 0.3) is 5.91 Å². The molecule has 8 nitrogen and oxygen atoms in total. The van der Waals surface area contributed by atoms with Crippen molar-refractivity contribution in [3.05, 3.63) is 59.3 Å². The van der Waals surface area contributed by atoms with Crippen LogP contribution < -0.4 is 10.0 Å². The van der Waals surface area contributed by atoms with E-state index in [0.717, 1.165) is 18.6 Å². The lowest BCUT2D eigenvalue weighted by molar-refractivity contribution is 0.102. The van der Waals surface area contributed by atoms with E-state index < -0.39 is 21.7 Å². The highest BCUT2D eigenvalue weighted by Crippen LogP contribution is 2.26. The van der Waals surface area contributed by atoms with Gasteiger partial charge in [-0.2, -0.15) is 0 Å².